The molecule has 0 radical (unpaired) electrons. The Hall–Kier alpha value is -6.85. The number of hydrogen-bond donors (Lipinski definition) is 0. The van der Waals surface area contributed by atoms with Crippen LogP contribution in [0.15, 0.2) is 176 Å². The first kappa shape index (κ1) is 23.5. The van der Waals surface area contributed by atoms with Crippen LogP contribution in [0.4, 0.5) is 0 Å². The summed E-state index contributed by atoms with van der Waals surface area (Å²) in [5.74, 6) is 1.46. The lowest BCUT2D eigenvalue weighted by Crippen LogP contribution is -2.06. The van der Waals surface area contributed by atoms with Crippen molar-refractivity contribution in [3.63, 3.8) is 0 Å². The van der Waals surface area contributed by atoms with E-state index in [9.17, 15) is 0 Å². The molecule has 0 aliphatic rings. The molecule has 0 aliphatic carbocycles. The first-order chi connectivity index (χ1) is 26.9. The summed E-state index contributed by atoms with van der Waals surface area (Å²) >= 11 is 0. The van der Waals surface area contributed by atoms with Gasteiger partial charge in [-0.2, -0.15) is 9.97 Å². The number of aromatic nitrogens is 5. The van der Waals surface area contributed by atoms with Crippen molar-refractivity contribution in [2.24, 2.45) is 0 Å². The predicted molar refractivity (Wildman–Crippen MR) is 205 cm³/mol. The van der Waals surface area contributed by atoms with Gasteiger partial charge in [0.05, 0.1) is 28.9 Å². The van der Waals surface area contributed by atoms with Gasteiger partial charge in [0.2, 0.25) is 5.95 Å². The molecule has 10 aromatic rings. The van der Waals surface area contributed by atoms with Gasteiger partial charge < -0.3 is 4.57 Å². The molecule has 0 saturated carbocycles. The molecule has 0 N–H and O–H groups in total. The zero-order valence-electron chi connectivity index (χ0n) is 31.6. The Morgan fingerprint density at radius 3 is 1.78 bits per heavy atom. The van der Waals surface area contributed by atoms with Crippen LogP contribution in [0.1, 0.15) is 6.85 Å². The minimum atomic E-state index is -0.434. The molecule has 50 heavy (non-hydrogen) atoms. The highest BCUT2D eigenvalue weighted by molar-refractivity contribution is 6.26. The summed E-state index contributed by atoms with van der Waals surface area (Å²) in [5.41, 5.74) is 7.01. The van der Waals surface area contributed by atoms with Crippen molar-refractivity contribution in [2.45, 2.75) is 0 Å². The van der Waals surface area contributed by atoms with Gasteiger partial charge >= 0.3 is 0 Å². The van der Waals surface area contributed by atoms with Crippen molar-refractivity contribution in [1.29, 1.82) is 0 Å². The van der Waals surface area contributed by atoms with E-state index in [2.05, 4.69) is 41.0 Å². The monoisotopic (exact) mass is 644 g/mol. The number of fused-ring (bicyclic) bond motifs is 7. The van der Waals surface area contributed by atoms with E-state index >= 15 is 0 Å². The van der Waals surface area contributed by atoms with Gasteiger partial charge in [-0.25, -0.2) is 4.98 Å². The van der Waals surface area contributed by atoms with Gasteiger partial charge in [-0.05, 0) is 47.5 Å². The molecular weight excluding hydrogens is 611 g/mol. The van der Waals surface area contributed by atoms with Gasteiger partial charge in [-0.15, -0.1) is 0 Å². The van der Waals surface area contributed by atoms with Crippen LogP contribution in [0, 0.1) is 0 Å². The summed E-state index contributed by atoms with van der Waals surface area (Å²) in [6.45, 7) is 0. The van der Waals surface area contributed by atoms with E-state index in [4.69, 9.17) is 21.8 Å². The Kier molecular flexibility index (Phi) is 5.35. The molecule has 0 bridgehead atoms. The molecule has 234 valence electrons. The number of para-hydroxylation sites is 3. The highest BCUT2D eigenvalue weighted by atomic mass is 15.2. The van der Waals surface area contributed by atoms with Crippen molar-refractivity contribution >= 4 is 43.6 Å². The fourth-order valence-corrected chi connectivity index (χ4v) is 7.09. The first-order valence-corrected chi connectivity index (χ1v) is 16.4. The minimum absolute atomic E-state index is 0.0892. The zero-order chi connectivity index (χ0) is 37.4. The van der Waals surface area contributed by atoms with Crippen LogP contribution in [0.3, 0.4) is 0 Å². The van der Waals surface area contributed by atoms with Crippen molar-refractivity contribution in [3.05, 3.63) is 176 Å². The van der Waals surface area contributed by atoms with E-state index in [1.807, 2.05) is 109 Å². The van der Waals surface area contributed by atoms with Gasteiger partial charge in [-0.1, -0.05) is 139 Å². The molecular formula is C45H29N5. The number of rotatable bonds is 5. The van der Waals surface area contributed by atoms with Crippen molar-refractivity contribution in [1.82, 2.24) is 24.1 Å². The molecule has 0 aliphatic heterocycles. The third-order valence-electron chi connectivity index (χ3n) is 9.26. The maximum atomic E-state index is 8.94. The Bertz CT molecular complexity index is 3130. The summed E-state index contributed by atoms with van der Waals surface area (Å²) in [5, 5.41) is 3.65. The van der Waals surface area contributed by atoms with Crippen molar-refractivity contribution in [2.75, 3.05) is 0 Å². The van der Waals surface area contributed by atoms with Crippen molar-refractivity contribution < 1.29 is 6.85 Å². The minimum Gasteiger partial charge on any atom is -0.309 e. The van der Waals surface area contributed by atoms with Gasteiger partial charge in [0.1, 0.15) is 0 Å². The van der Waals surface area contributed by atoms with Crippen molar-refractivity contribution in [3.8, 4) is 45.5 Å². The van der Waals surface area contributed by atoms with E-state index in [1.165, 1.54) is 0 Å². The van der Waals surface area contributed by atoms with E-state index < -0.39 is 6.04 Å². The molecule has 5 heteroatoms. The van der Waals surface area contributed by atoms with E-state index in [0.717, 1.165) is 54.8 Å². The normalized spacial score (nSPS) is 13.0. The summed E-state index contributed by atoms with van der Waals surface area (Å²) in [4.78, 5) is 15.4. The smallest absolute Gasteiger partial charge is 0.238 e. The van der Waals surface area contributed by atoms with Crippen LogP contribution in [0.2, 0.25) is 0 Å². The van der Waals surface area contributed by atoms with Crippen LogP contribution in [-0.2, 0) is 0 Å². The molecule has 0 unspecified atom stereocenters. The number of nitrogens with zero attached hydrogens (tertiary/aromatic N) is 5. The maximum Gasteiger partial charge on any atom is 0.238 e. The van der Waals surface area contributed by atoms with Crippen LogP contribution < -0.4 is 0 Å². The summed E-state index contributed by atoms with van der Waals surface area (Å²) in [7, 11) is 0. The number of hydrogen-bond acceptors (Lipinski definition) is 3. The molecule has 3 aromatic heterocycles. The molecule has 0 amide bonds. The lowest BCUT2D eigenvalue weighted by Gasteiger charge is -2.12. The molecule has 10 rings (SSSR count). The lowest BCUT2D eigenvalue weighted by atomic mass is 10.0. The second-order valence-corrected chi connectivity index (χ2v) is 12.1. The van der Waals surface area contributed by atoms with Crippen LogP contribution in [0.5, 0.6) is 0 Å². The predicted octanol–water partition coefficient (Wildman–Crippen LogP) is 11.1. The second kappa shape index (κ2) is 11.4. The van der Waals surface area contributed by atoms with Gasteiger partial charge in [0.15, 0.2) is 11.6 Å². The first-order valence-electron chi connectivity index (χ1n) is 18.9. The molecule has 0 saturated heterocycles. The lowest BCUT2D eigenvalue weighted by molar-refractivity contribution is 0.955. The average molecular weight is 645 g/mol. The SMILES string of the molecule is [2H]c1c([2H])c([2H])c(-n2c3ccccc3c3c2ccc2c4ccccc4n(-c4nc(-c5ccccc5)nc(-c5cccc(-c6ccccc6)c5)n4)c23)c([2H])c1[2H]. The Balaban J connectivity index is 1.33. The summed E-state index contributed by atoms with van der Waals surface area (Å²) in [6.07, 6.45) is 0. The molecule has 0 atom stereocenters. The Morgan fingerprint density at radius 2 is 1.02 bits per heavy atom. The fraction of sp³-hybridized carbons (Fsp3) is 0. The van der Waals surface area contributed by atoms with Gasteiger partial charge in [0, 0.05) is 38.4 Å². The highest BCUT2D eigenvalue weighted by Crippen LogP contribution is 2.41. The number of benzene rings is 7. The topological polar surface area (TPSA) is 48.5 Å². The molecule has 7 aromatic carbocycles. The largest absolute Gasteiger partial charge is 0.309 e. The quantitative estimate of drug-likeness (QED) is 0.187. The third-order valence-corrected chi connectivity index (χ3v) is 9.26. The molecule has 0 spiro atoms. The summed E-state index contributed by atoms with van der Waals surface area (Å²) < 4.78 is 47.0. The molecule has 3 heterocycles. The van der Waals surface area contributed by atoms with Gasteiger partial charge in [-0.3, -0.25) is 4.57 Å². The maximum absolute atomic E-state index is 8.94. The standard InChI is InChI=1S/C45H29N5/c1-4-15-30(16-5-1)32-19-14-20-33(29-32)44-46-43(31-17-6-2-7-18-31)47-45(48-44)50-38-25-12-10-23-35(38)36-27-28-40-41(42(36)50)37-24-11-13-26-39(37)49(40)34-21-8-3-9-22-34/h1-29H/i3D,8D,9D,21D,22D. The van der Waals surface area contributed by atoms with Crippen LogP contribution >= 0.6 is 0 Å². The van der Waals surface area contributed by atoms with Crippen LogP contribution in [0.25, 0.3) is 89.2 Å². The van der Waals surface area contributed by atoms with Gasteiger partial charge in [0.25, 0.3) is 0 Å². The fourth-order valence-electron chi connectivity index (χ4n) is 7.09. The zero-order valence-corrected chi connectivity index (χ0v) is 26.6. The second-order valence-electron chi connectivity index (χ2n) is 12.1. The third kappa shape index (κ3) is 4.45. The Morgan fingerprint density at radius 1 is 0.420 bits per heavy atom. The van der Waals surface area contributed by atoms with Crippen LogP contribution in [-0.4, -0.2) is 24.1 Å². The van der Waals surface area contributed by atoms with E-state index in [1.54, 1.807) is 4.57 Å². The Labute approximate surface area is 295 Å². The molecule has 5 nitrogen and oxygen atoms in total. The van der Waals surface area contributed by atoms with E-state index in [-0.39, 0.29) is 29.9 Å². The molecule has 0 fully saturated rings. The average Bonchev–Trinajstić information content (AvgIpc) is 3.76. The summed E-state index contributed by atoms with van der Waals surface area (Å²) in [6, 6.07) is 46.4. The highest BCUT2D eigenvalue weighted by Gasteiger charge is 2.23. The van der Waals surface area contributed by atoms with E-state index in [0.29, 0.717) is 28.6 Å².